The first kappa shape index (κ1) is 16.5. The Labute approximate surface area is 141 Å². The van der Waals surface area contributed by atoms with Crippen LogP contribution >= 0.6 is 11.3 Å². The topological polar surface area (TPSA) is 62.1 Å². The highest BCUT2D eigenvalue weighted by Crippen LogP contribution is 2.44. The van der Waals surface area contributed by atoms with Crippen LogP contribution < -0.4 is 5.32 Å². The Morgan fingerprint density at radius 1 is 1.39 bits per heavy atom. The number of fused-ring (bicyclic) bond motifs is 1. The zero-order valence-electron chi connectivity index (χ0n) is 14.1. The van der Waals surface area contributed by atoms with Crippen molar-refractivity contribution in [3.63, 3.8) is 0 Å². The summed E-state index contributed by atoms with van der Waals surface area (Å²) in [5.74, 6) is 0.542. The largest absolute Gasteiger partial charge is 0.381 e. The van der Waals surface area contributed by atoms with E-state index < -0.39 is 0 Å². The Hall–Kier alpha value is -1.38. The molecule has 5 heteroatoms. The van der Waals surface area contributed by atoms with Gasteiger partial charge >= 0.3 is 0 Å². The molecule has 1 aromatic rings. The summed E-state index contributed by atoms with van der Waals surface area (Å²) in [6, 6.07) is 2.32. The van der Waals surface area contributed by atoms with Gasteiger partial charge in [-0.05, 0) is 42.6 Å². The molecule has 1 fully saturated rings. The number of anilines is 1. The van der Waals surface area contributed by atoms with Crippen molar-refractivity contribution in [2.24, 2.45) is 17.3 Å². The van der Waals surface area contributed by atoms with Crippen LogP contribution in [0.3, 0.4) is 0 Å². The van der Waals surface area contributed by atoms with Crippen molar-refractivity contribution in [2.45, 2.75) is 46.5 Å². The molecular formula is C18H24N2O2S. The first-order valence-electron chi connectivity index (χ1n) is 8.33. The van der Waals surface area contributed by atoms with Gasteiger partial charge in [-0.25, -0.2) is 0 Å². The number of carbonyl (C=O) groups excluding carboxylic acids is 1. The fourth-order valence-electron chi connectivity index (χ4n) is 3.49. The van der Waals surface area contributed by atoms with Crippen molar-refractivity contribution >= 4 is 22.2 Å². The monoisotopic (exact) mass is 332 g/mol. The van der Waals surface area contributed by atoms with Gasteiger partial charge in [0.2, 0.25) is 5.91 Å². The molecule has 1 aromatic heterocycles. The van der Waals surface area contributed by atoms with Crippen LogP contribution in [0.2, 0.25) is 0 Å². The summed E-state index contributed by atoms with van der Waals surface area (Å²) in [6.07, 6.45) is 3.84. The van der Waals surface area contributed by atoms with E-state index in [0.717, 1.165) is 36.2 Å². The predicted octanol–water partition coefficient (Wildman–Crippen LogP) is 3.75. The smallest absolute Gasteiger partial charge is 0.230 e. The van der Waals surface area contributed by atoms with Crippen molar-refractivity contribution in [2.75, 3.05) is 18.5 Å². The number of thiophene rings is 1. The minimum Gasteiger partial charge on any atom is -0.381 e. The normalized spacial score (nSPS) is 24.1. The van der Waals surface area contributed by atoms with E-state index in [1.54, 1.807) is 11.3 Å². The molecule has 0 spiro atoms. The van der Waals surface area contributed by atoms with Gasteiger partial charge in [-0.15, -0.1) is 11.3 Å². The van der Waals surface area contributed by atoms with Gasteiger partial charge in [0.05, 0.1) is 18.1 Å². The maximum absolute atomic E-state index is 12.3. The van der Waals surface area contributed by atoms with E-state index in [1.807, 2.05) is 0 Å². The van der Waals surface area contributed by atoms with Gasteiger partial charge in [0, 0.05) is 11.5 Å². The Morgan fingerprint density at radius 2 is 2.17 bits per heavy atom. The summed E-state index contributed by atoms with van der Waals surface area (Å²) >= 11 is 1.60. The molecule has 0 unspecified atom stereocenters. The Morgan fingerprint density at radius 3 is 2.78 bits per heavy atom. The first-order chi connectivity index (χ1) is 10.9. The van der Waals surface area contributed by atoms with Gasteiger partial charge in [-0.3, -0.25) is 4.79 Å². The molecule has 2 aliphatic rings. The van der Waals surface area contributed by atoms with Gasteiger partial charge in [0.15, 0.2) is 0 Å². The molecule has 1 amide bonds. The molecule has 1 aliphatic carbocycles. The molecular weight excluding hydrogens is 308 g/mol. The van der Waals surface area contributed by atoms with E-state index >= 15 is 0 Å². The number of carbonyl (C=O) groups is 1. The predicted molar refractivity (Wildman–Crippen MR) is 91.6 cm³/mol. The first-order valence-corrected chi connectivity index (χ1v) is 9.15. The lowest BCUT2D eigenvalue weighted by atomic mass is 9.72. The molecule has 1 aliphatic heterocycles. The summed E-state index contributed by atoms with van der Waals surface area (Å²) in [4.78, 5) is 13.6. The van der Waals surface area contributed by atoms with Crippen LogP contribution in [-0.4, -0.2) is 19.1 Å². The SMILES string of the molecule is CC(C)(C)[C@@H]1CCc2c(sc(NC(=O)[C@@H]3CCOC3)c2C#N)C1. The number of nitriles is 1. The lowest BCUT2D eigenvalue weighted by Gasteiger charge is -2.33. The van der Waals surface area contributed by atoms with Crippen LogP contribution in [0.4, 0.5) is 5.00 Å². The van der Waals surface area contributed by atoms with Gasteiger partial charge < -0.3 is 10.1 Å². The molecule has 1 saturated heterocycles. The molecule has 0 aromatic carbocycles. The lowest BCUT2D eigenvalue weighted by Crippen LogP contribution is -2.26. The maximum Gasteiger partial charge on any atom is 0.230 e. The van der Waals surface area contributed by atoms with Crippen molar-refractivity contribution in [3.05, 3.63) is 16.0 Å². The maximum atomic E-state index is 12.3. The van der Waals surface area contributed by atoms with E-state index in [-0.39, 0.29) is 17.2 Å². The average molecular weight is 332 g/mol. The minimum atomic E-state index is -0.0806. The van der Waals surface area contributed by atoms with Gasteiger partial charge in [0.25, 0.3) is 0 Å². The number of rotatable bonds is 2. The van der Waals surface area contributed by atoms with Crippen molar-refractivity contribution < 1.29 is 9.53 Å². The second-order valence-electron chi connectivity index (χ2n) is 7.68. The third kappa shape index (κ3) is 3.29. The zero-order valence-corrected chi connectivity index (χ0v) is 14.9. The highest BCUT2D eigenvalue weighted by molar-refractivity contribution is 7.16. The van der Waals surface area contributed by atoms with Crippen molar-refractivity contribution in [3.8, 4) is 6.07 Å². The number of nitrogens with zero attached hydrogens (tertiary/aromatic N) is 1. The molecule has 2 heterocycles. The molecule has 1 N–H and O–H groups in total. The minimum absolute atomic E-state index is 0.00929. The third-order valence-corrected chi connectivity index (χ3v) is 6.31. The number of nitrogens with one attached hydrogen (secondary N) is 1. The van der Waals surface area contributed by atoms with E-state index in [1.165, 1.54) is 4.88 Å². The Kier molecular flexibility index (Phi) is 4.48. The van der Waals surface area contributed by atoms with E-state index in [0.29, 0.717) is 24.7 Å². The van der Waals surface area contributed by atoms with Crippen LogP contribution in [0.25, 0.3) is 0 Å². The quantitative estimate of drug-likeness (QED) is 0.897. The third-order valence-electron chi connectivity index (χ3n) is 5.14. The standard InChI is InChI=1S/C18H24N2O2S/c1-18(2,3)12-4-5-13-14(9-19)17(23-15(13)8-12)20-16(21)11-6-7-22-10-11/h11-12H,4-8,10H2,1-3H3,(H,20,21)/t11-,12-/m1/s1. The number of amides is 1. The van der Waals surface area contributed by atoms with E-state index in [9.17, 15) is 10.1 Å². The highest BCUT2D eigenvalue weighted by atomic mass is 32.1. The summed E-state index contributed by atoms with van der Waals surface area (Å²) < 4.78 is 5.28. The fourth-order valence-corrected chi connectivity index (χ4v) is 4.77. The van der Waals surface area contributed by atoms with Crippen LogP contribution in [0.5, 0.6) is 0 Å². The van der Waals surface area contributed by atoms with Crippen molar-refractivity contribution in [1.82, 2.24) is 0 Å². The van der Waals surface area contributed by atoms with Crippen LogP contribution in [0, 0.1) is 28.6 Å². The Balaban J connectivity index is 1.82. The Bertz CT molecular complexity index is 645. The molecule has 2 atom stereocenters. The summed E-state index contributed by atoms with van der Waals surface area (Å²) in [5, 5.41) is 13.3. The van der Waals surface area contributed by atoms with E-state index in [2.05, 4.69) is 32.2 Å². The van der Waals surface area contributed by atoms with Gasteiger partial charge in [-0.2, -0.15) is 5.26 Å². The van der Waals surface area contributed by atoms with Crippen LogP contribution in [-0.2, 0) is 22.4 Å². The molecule has 4 nitrogen and oxygen atoms in total. The molecule has 3 rings (SSSR count). The second kappa shape index (κ2) is 6.26. The zero-order chi connectivity index (χ0) is 16.6. The molecule has 0 saturated carbocycles. The summed E-state index contributed by atoms with van der Waals surface area (Å²) in [7, 11) is 0. The molecule has 0 radical (unpaired) electrons. The van der Waals surface area contributed by atoms with Crippen molar-refractivity contribution in [1.29, 1.82) is 5.26 Å². The van der Waals surface area contributed by atoms with Crippen LogP contribution in [0.15, 0.2) is 0 Å². The lowest BCUT2D eigenvalue weighted by molar-refractivity contribution is -0.119. The molecule has 0 bridgehead atoms. The highest BCUT2D eigenvalue weighted by Gasteiger charge is 2.33. The van der Waals surface area contributed by atoms with Gasteiger partial charge in [0.1, 0.15) is 11.1 Å². The summed E-state index contributed by atoms with van der Waals surface area (Å²) in [6.45, 7) is 7.99. The van der Waals surface area contributed by atoms with E-state index in [4.69, 9.17) is 4.74 Å². The summed E-state index contributed by atoms with van der Waals surface area (Å²) in [5.41, 5.74) is 2.12. The average Bonchev–Trinajstić information content (AvgIpc) is 3.12. The second-order valence-corrected chi connectivity index (χ2v) is 8.78. The number of hydrogen-bond acceptors (Lipinski definition) is 4. The number of ether oxygens (including phenoxy) is 1. The van der Waals surface area contributed by atoms with Crippen LogP contribution in [0.1, 0.15) is 49.6 Å². The molecule has 23 heavy (non-hydrogen) atoms. The number of hydrogen-bond donors (Lipinski definition) is 1. The molecule has 124 valence electrons. The fraction of sp³-hybridized carbons (Fsp3) is 0.667. The van der Waals surface area contributed by atoms with Gasteiger partial charge in [-0.1, -0.05) is 20.8 Å².